The van der Waals surface area contributed by atoms with Crippen LogP contribution >= 0.6 is 24.0 Å². The van der Waals surface area contributed by atoms with E-state index in [1.807, 2.05) is 25.1 Å². The molecule has 1 heterocycles. The van der Waals surface area contributed by atoms with E-state index in [9.17, 15) is 8.78 Å². The Bertz CT molecular complexity index is 925. The van der Waals surface area contributed by atoms with Gasteiger partial charge in [0.1, 0.15) is 11.9 Å². The normalized spacial score (nSPS) is 15.7. The van der Waals surface area contributed by atoms with E-state index in [1.54, 1.807) is 19.2 Å². The first-order chi connectivity index (χ1) is 15.5. The van der Waals surface area contributed by atoms with Crippen LogP contribution in [0.1, 0.15) is 23.1 Å². The zero-order valence-electron chi connectivity index (χ0n) is 18.9. The van der Waals surface area contributed by atoms with E-state index in [0.717, 1.165) is 35.5 Å². The third kappa shape index (κ3) is 8.18. The summed E-state index contributed by atoms with van der Waals surface area (Å²) >= 11 is 0. The minimum Gasteiger partial charge on any atom is -0.493 e. The molecule has 1 atom stereocenters. The van der Waals surface area contributed by atoms with Crippen LogP contribution in [0.5, 0.6) is 17.2 Å². The van der Waals surface area contributed by atoms with Crippen LogP contribution in [-0.2, 0) is 17.8 Å². The summed E-state index contributed by atoms with van der Waals surface area (Å²) in [6, 6.07) is 11.0. The van der Waals surface area contributed by atoms with Crippen molar-refractivity contribution in [1.29, 1.82) is 0 Å². The SMILES string of the molecule is CN=C(NCc1ccc(OC)c(OC(F)F)c1)NCc1ccc(C)cc1OC1CCOC1.I. The molecule has 182 valence electrons. The molecule has 1 aliphatic rings. The fraction of sp³-hybridized carbons (Fsp3) is 0.435. The standard InChI is InChI=1S/C23H29F2N3O4.HI/c1-15-4-6-17(20(10-15)31-18-8-9-30-14-18)13-28-23(26-2)27-12-16-5-7-19(29-3)21(11-16)32-22(24)25;/h4-7,10-11,18,22H,8-9,12-14H2,1-3H3,(H2,26,27,28);1H. The van der Waals surface area contributed by atoms with E-state index in [1.165, 1.54) is 13.2 Å². The van der Waals surface area contributed by atoms with E-state index in [4.69, 9.17) is 14.2 Å². The zero-order chi connectivity index (χ0) is 22.9. The Labute approximate surface area is 209 Å². The van der Waals surface area contributed by atoms with Crippen molar-refractivity contribution in [3.63, 3.8) is 0 Å². The van der Waals surface area contributed by atoms with Crippen LogP contribution in [0.15, 0.2) is 41.4 Å². The molecule has 2 aromatic carbocycles. The number of rotatable bonds is 9. The number of nitrogens with one attached hydrogen (secondary N) is 2. The van der Waals surface area contributed by atoms with E-state index in [2.05, 4.69) is 20.4 Å². The molecule has 1 saturated heterocycles. The molecular formula is C23H30F2IN3O4. The van der Waals surface area contributed by atoms with Crippen LogP contribution in [-0.4, -0.2) is 46.0 Å². The van der Waals surface area contributed by atoms with Crippen LogP contribution in [0.3, 0.4) is 0 Å². The van der Waals surface area contributed by atoms with Crippen molar-refractivity contribution in [2.75, 3.05) is 27.4 Å². The molecule has 10 heteroatoms. The Morgan fingerprint density at radius 3 is 2.58 bits per heavy atom. The first-order valence-corrected chi connectivity index (χ1v) is 10.4. The number of guanidine groups is 1. The highest BCUT2D eigenvalue weighted by Gasteiger charge is 2.19. The summed E-state index contributed by atoms with van der Waals surface area (Å²) in [5.41, 5.74) is 2.86. The number of aryl methyl sites for hydroxylation is 1. The Hall–Kier alpha value is -2.34. The topological polar surface area (TPSA) is 73.3 Å². The van der Waals surface area contributed by atoms with Crippen molar-refractivity contribution in [2.45, 2.75) is 39.1 Å². The fourth-order valence-electron chi connectivity index (χ4n) is 3.31. The number of hydrogen-bond donors (Lipinski definition) is 2. The number of methoxy groups -OCH3 is 1. The highest BCUT2D eigenvalue weighted by atomic mass is 127. The lowest BCUT2D eigenvalue weighted by molar-refractivity contribution is -0.0512. The van der Waals surface area contributed by atoms with Gasteiger partial charge in [-0.25, -0.2) is 0 Å². The van der Waals surface area contributed by atoms with Crippen molar-refractivity contribution >= 4 is 29.9 Å². The molecule has 0 amide bonds. The van der Waals surface area contributed by atoms with Crippen LogP contribution in [0, 0.1) is 6.92 Å². The molecule has 33 heavy (non-hydrogen) atoms. The van der Waals surface area contributed by atoms with Gasteiger partial charge in [0.2, 0.25) is 0 Å². The third-order valence-corrected chi connectivity index (χ3v) is 4.98. The van der Waals surface area contributed by atoms with Crippen molar-refractivity contribution in [3.8, 4) is 17.2 Å². The van der Waals surface area contributed by atoms with Gasteiger partial charge in [-0.2, -0.15) is 8.78 Å². The van der Waals surface area contributed by atoms with Crippen molar-refractivity contribution < 1.29 is 27.7 Å². The second kappa shape index (κ2) is 13.4. The lowest BCUT2D eigenvalue weighted by Gasteiger charge is -2.18. The maximum Gasteiger partial charge on any atom is 0.387 e. The summed E-state index contributed by atoms with van der Waals surface area (Å²) in [5, 5.41) is 6.43. The van der Waals surface area contributed by atoms with Crippen LogP contribution in [0.25, 0.3) is 0 Å². The number of alkyl halides is 2. The number of nitrogens with zero attached hydrogens (tertiary/aromatic N) is 1. The van der Waals surface area contributed by atoms with E-state index in [-0.39, 0.29) is 41.6 Å². The van der Waals surface area contributed by atoms with Crippen molar-refractivity contribution in [3.05, 3.63) is 53.1 Å². The van der Waals surface area contributed by atoms with Crippen LogP contribution in [0.2, 0.25) is 0 Å². The lowest BCUT2D eigenvalue weighted by Crippen LogP contribution is -2.36. The number of hydrogen-bond acceptors (Lipinski definition) is 5. The Morgan fingerprint density at radius 2 is 1.91 bits per heavy atom. The van der Waals surface area contributed by atoms with Gasteiger partial charge in [-0.15, -0.1) is 24.0 Å². The largest absolute Gasteiger partial charge is 0.493 e. The molecular weight excluding hydrogens is 547 g/mol. The molecule has 2 aromatic rings. The Kier molecular flexibility index (Phi) is 10.9. The van der Waals surface area contributed by atoms with E-state index < -0.39 is 6.61 Å². The maximum atomic E-state index is 12.6. The summed E-state index contributed by atoms with van der Waals surface area (Å²) < 4.78 is 46.4. The third-order valence-electron chi connectivity index (χ3n) is 4.98. The molecule has 2 N–H and O–H groups in total. The Balaban J connectivity index is 0.00000385. The quantitative estimate of drug-likeness (QED) is 0.264. The van der Waals surface area contributed by atoms with Crippen LogP contribution in [0.4, 0.5) is 8.78 Å². The maximum absolute atomic E-state index is 12.6. The number of halogens is 3. The number of benzene rings is 2. The summed E-state index contributed by atoms with van der Waals surface area (Å²) in [5.74, 6) is 1.62. The van der Waals surface area contributed by atoms with Gasteiger partial charge in [0.25, 0.3) is 0 Å². The average Bonchev–Trinajstić information content (AvgIpc) is 3.28. The number of ether oxygens (including phenoxy) is 4. The number of aliphatic imine (C=N–C) groups is 1. The second-order valence-electron chi connectivity index (χ2n) is 7.36. The predicted molar refractivity (Wildman–Crippen MR) is 133 cm³/mol. The van der Waals surface area contributed by atoms with Gasteiger partial charge >= 0.3 is 6.61 Å². The zero-order valence-corrected chi connectivity index (χ0v) is 21.2. The van der Waals surface area contributed by atoms with Gasteiger partial charge in [0.05, 0.1) is 20.3 Å². The summed E-state index contributed by atoms with van der Waals surface area (Å²) in [4.78, 5) is 4.23. The van der Waals surface area contributed by atoms with Crippen molar-refractivity contribution in [2.24, 2.45) is 4.99 Å². The van der Waals surface area contributed by atoms with Crippen LogP contribution < -0.4 is 24.8 Å². The minimum absolute atomic E-state index is 0. The molecule has 1 aliphatic heterocycles. The Morgan fingerprint density at radius 1 is 1.12 bits per heavy atom. The molecule has 3 rings (SSSR count). The van der Waals surface area contributed by atoms with E-state index >= 15 is 0 Å². The second-order valence-corrected chi connectivity index (χ2v) is 7.36. The molecule has 0 spiro atoms. The molecule has 7 nitrogen and oxygen atoms in total. The van der Waals surface area contributed by atoms with Gasteiger partial charge in [-0.3, -0.25) is 4.99 Å². The molecule has 0 bridgehead atoms. The highest BCUT2D eigenvalue weighted by molar-refractivity contribution is 14.0. The first-order valence-electron chi connectivity index (χ1n) is 10.4. The molecule has 0 radical (unpaired) electrons. The summed E-state index contributed by atoms with van der Waals surface area (Å²) in [7, 11) is 3.07. The fourth-order valence-corrected chi connectivity index (χ4v) is 3.31. The highest BCUT2D eigenvalue weighted by Crippen LogP contribution is 2.29. The molecule has 1 fully saturated rings. The summed E-state index contributed by atoms with van der Waals surface area (Å²) in [6.45, 7) is 1.28. The molecule has 1 unspecified atom stereocenters. The summed E-state index contributed by atoms with van der Waals surface area (Å²) in [6.07, 6.45) is 0.941. The van der Waals surface area contributed by atoms with Gasteiger partial charge in [0, 0.05) is 32.1 Å². The average molecular weight is 577 g/mol. The monoisotopic (exact) mass is 577 g/mol. The predicted octanol–water partition coefficient (Wildman–Crippen LogP) is 4.26. The molecule has 0 saturated carbocycles. The van der Waals surface area contributed by atoms with E-state index in [0.29, 0.717) is 25.7 Å². The van der Waals surface area contributed by atoms with Crippen molar-refractivity contribution in [1.82, 2.24) is 10.6 Å². The lowest BCUT2D eigenvalue weighted by atomic mass is 10.1. The molecule has 0 aromatic heterocycles. The van der Waals surface area contributed by atoms with Gasteiger partial charge in [0.15, 0.2) is 17.5 Å². The molecule has 0 aliphatic carbocycles. The van der Waals surface area contributed by atoms with Gasteiger partial charge in [-0.1, -0.05) is 18.2 Å². The minimum atomic E-state index is -2.93. The van der Waals surface area contributed by atoms with Gasteiger partial charge in [-0.05, 0) is 36.2 Å². The first kappa shape index (κ1) is 26.9. The van der Waals surface area contributed by atoms with Gasteiger partial charge < -0.3 is 29.6 Å². The smallest absolute Gasteiger partial charge is 0.387 e.